The number of hydrogen-bond acceptors (Lipinski definition) is 5. The third-order valence-electron chi connectivity index (χ3n) is 5.07. The lowest BCUT2D eigenvalue weighted by Gasteiger charge is -2.37. The van der Waals surface area contributed by atoms with Crippen LogP contribution in [-0.4, -0.2) is 68.8 Å². The Morgan fingerprint density at radius 3 is 2.59 bits per heavy atom. The molecule has 0 bridgehead atoms. The monoisotopic (exact) mass is 509 g/mol. The molecule has 0 amide bonds. The fourth-order valence-electron chi connectivity index (χ4n) is 3.58. The Balaban J connectivity index is 0.00000240. The summed E-state index contributed by atoms with van der Waals surface area (Å²) >= 11 is 0. The first kappa shape index (κ1) is 21.5. The predicted octanol–water partition coefficient (Wildman–Crippen LogP) is 2.41. The minimum Gasteiger partial charge on any atom is -0.486 e. The first-order valence-corrected chi connectivity index (χ1v) is 9.83. The Morgan fingerprint density at radius 1 is 1.07 bits per heavy atom. The molecule has 3 heterocycles. The lowest BCUT2D eigenvalue weighted by Crippen LogP contribution is -2.53. The number of ether oxygens (including phenoxy) is 2. The second kappa shape index (κ2) is 10.5. The normalized spacial score (nSPS) is 16.2. The third kappa shape index (κ3) is 5.43. The van der Waals surface area contributed by atoms with E-state index in [2.05, 4.69) is 43.3 Å². The molecular weight excluding hydrogens is 481 g/mol. The van der Waals surface area contributed by atoms with E-state index in [1.807, 2.05) is 31.4 Å². The van der Waals surface area contributed by atoms with Gasteiger partial charge in [0.15, 0.2) is 17.5 Å². The summed E-state index contributed by atoms with van der Waals surface area (Å²) in [6.07, 6.45) is 2.75. The maximum absolute atomic E-state index is 5.67. The molecule has 0 unspecified atom stereocenters. The Bertz CT molecular complexity index is 810. The molecule has 2 aromatic rings. The molecule has 0 aliphatic carbocycles. The summed E-state index contributed by atoms with van der Waals surface area (Å²) in [6, 6.07) is 12.2. The van der Waals surface area contributed by atoms with Gasteiger partial charge in [-0.25, -0.2) is 4.98 Å². The lowest BCUT2D eigenvalue weighted by molar-refractivity contribution is 0.171. The number of guanidine groups is 1. The van der Waals surface area contributed by atoms with Gasteiger partial charge >= 0.3 is 0 Å². The summed E-state index contributed by atoms with van der Waals surface area (Å²) in [5.41, 5.74) is 1.23. The van der Waals surface area contributed by atoms with Gasteiger partial charge in [-0.05, 0) is 36.2 Å². The van der Waals surface area contributed by atoms with Crippen molar-refractivity contribution >= 4 is 35.8 Å². The van der Waals surface area contributed by atoms with Crippen LogP contribution in [0.4, 0.5) is 5.82 Å². The van der Waals surface area contributed by atoms with Crippen molar-refractivity contribution in [1.29, 1.82) is 0 Å². The van der Waals surface area contributed by atoms with Gasteiger partial charge in [0.2, 0.25) is 0 Å². The molecule has 29 heavy (non-hydrogen) atoms. The average Bonchev–Trinajstić information content (AvgIpc) is 2.77. The van der Waals surface area contributed by atoms with Crippen molar-refractivity contribution in [2.45, 2.75) is 6.42 Å². The van der Waals surface area contributed by atoms with Gasteiger partial charge in [0, 0.05) is 46.0 Å². The van der Waals surface area contributed by atoms with Crippen molar-refractivity contribution in [3.8, 4) is 11.5 Å². The number of anilines is 1. The molecule has 156 valence electrons. The summed E-state index contributed by atoms with van der Waals surface area (Å²) in [5, 5.41) is 3.49. The highest BCUT2D eigenvalue weighted by Crippen LogP contribution is 2.30. The highest BCUT2D eigenvalue weighted by molar-refractivity contribution is 14.0. The zero-order chi connectivity index (χ0) is 19.2. The highest BCUT2D eigenvalue weighted by atomic mass is 127. The fourth-order valence-corrected chi connectivity index (χ4v) is 3.58. The van der Waals surface area contributed by atoms with Crippen LogP contribution in [0.1, 0.15) is 5.56 Å². The summed E-state index contributed by atoms with van der Waals surface area (Å²) in [5.74, 6) is 3.69. The molecule has 0 atom stereocenters. The van der Waals surface area contributed by atoms with Crippen molar-refractivity contribution in [2.24, 2.45) is 4.99 Å². The molecule has 1 N–H and O–H groups in total. The molecule has 1 saturated heterocycles. The van der Waals surface area contributed by atoms with Crippen LogP contribution in [0.3, 0.4) is 0 Å². The molecule has 1 fully saturated rings. The number of nitrogens with one attached hydrogen (secondary N) is 1. The van der Waals surface area contributed by atoms with Gasteiger partial charge < -0.3 is 24.6 Å². The largest absolute Gasteiger partial charge is 0.486 e. The molecule has 0 radical (unpaired) electrons. The molecule has 1 aromatic heterocycles. The van der Waals surface area contributed by atoms with Crippen LogP contribution in [0.15, 0.2) is 47.6 Å². The minimum absolute atomic E-state index is 0. The van der Waals surface area contributed by atoms with Crippen LogP contribution < -0.4 is 19.7 Å². The van der Waals surface area contributed by atoms with E-state index >= 15 is 0 Å². The van der Waals surface area contributed by atoms with Crippen molar-refractivity contribution < 1.29 is 9.47 Å². The molecule has 1 aromatic carbocycles. The zero-order valence-corrected chi connectivity index (χ0v) is 19.0. The molecule has 7 nitrogen and oxygen atoms in total. The number of piperazine rings is 1. The molecule has 8 heteroatoms. The first-order valence-electron chi connectivity index (χ1n) is 9.83. The summed E-state index contributed by atoms with van der Waals surface area (Å²) in [7, 11) is 1.84. The van der Waals surface area contributed by atoms with E-state index in [0.29, 0.717) is 13.2 Å². The van der Waals surface area contributed by atoms with E-state index in [-0.39, 0.29) is 24.0 Å². The van der Waals surface area contributed by atoms with Crippen LogP contribution in [0.2, 0.25) is 0 Å². The standard InChI is InChI=1S/C21H27N5O2.HI/c1-22-21(26-12-10-25(11-13-26)20-4-2-3-8-23-20)24-9-7-17-5-6-18-19(16-17)28-15-14-27-18;/h2-6,8,16H,7,9-15H2,1H3,(H,22,24);1H. The topological polar surface area (TPSA) is 62.2 Å². The Morgan fingerprint density at radius 2 is 1.86 bits per heavy atom. The molecular formula is C21H28IN5O2. The van der Waals surface area contributed by atoms with Crippen LogP contribution in [0.25, 0.3) is 0 Å². The summed E-state index contributed by atoms with van der Waals surface area (Å²) in [4.78, 5) is 13.5. The second-order valence-corrected chi connectivity index (χ2v) is 6.86. The van der Waals surface area contributed by atoms with Gasteiger partial charge in [0.1, 0.15) is 19.0 Å². The smallest absolute Gasteiger partial charge is 0.193 e. The Labute approximate surface area is 189 Å². The molecule has 2 aliphatic heterocycles. The Kier molecular flexibility index (Phi) is 7.79. The van der Waals surface area contributed by atoms with Gasteiger partial charge in [0.25, 0.3) is 0 Å². The third-order valence-corrected chi connectivity index (χ3v) is 5.07. The number of rotatable bonds is 4. The van der Waals surface area contributed by atoms with Crippen molar-refractivity contribution in [3.63, 3.8) is 0 Å². The quantitative estimate of drug-likeness (QED) is 0.388. The SMILES string of the molecule is CN=C(NCCc1ccc2c(c1)OCCO2)N1CCN(c2ccccn2)CC1.I. The van der Waals surface area contributed by atoms with Gasteiger partial charge in [0.05, 0.1) is 0 Å². The number of aromatic nitrogens is 1. The van der Waals surface area contributed by atoms with Crippen molar-refractivity contribution in [2.75, 3.05) is 57.9 Å². The Hall–Kier alpha value is -2.23. The molecule has 0 spiro atoms. The molecule has 2 aliphatic rings. The van der Waals surface area contributed by atoms with Crippen LogP contribution in [0, 0.1) is 0 Å². The van der Waals surface area contributed by atoms with Gasteiger partial charge in [-0.15, -0.1) is 24.0 Å². The van der Waals surface area contributed by atoms with E-state index < -0.39 is 0 Å². The molecule has 4 rings (SSSR count). The number of fused-ring (bicyclic) bond motifs is 1. The number of nitrogens with zero attached hydrogens (tertiary/aromatic N) is 4. The maximum atomic E-state index is 5.67. The van der Waals surface area contributed by atoms with Crippen molar-refractivity contribution in [1.82, 2.24) is 15.2 Å². The predicted molar refractivity (Wildman–Crippen MR) is 126 cm³/mol. The van der Waals surface area contributed by atoms with Crippen LogP contribution in [0.5, 0.6) is 11.5 Å². The number of hydrogen-bond donors (Lipinski definition) is 1. The highest BCUT2D eigenvalue weighted by Gasteiger charge is 2.20. The van der Waals surface area contributed by atoms with Gasteiger partial charge in [-0.2, -0.15) is 0 Å². The number of pyridine rings is 1. The van der Waals surface area contributed by atoms with Gasteiger partial charge in [-0.3, -0.25) is 4.99 Å². The van der Waals surface area contributed by atoms with E-state index in [1.54, 1.807) is 0 Å². The second-order valence-electron chi connectivity index (χ2n) is 6.86. The van der Waals surface area contributed by atoms with E-state index in [1.165, 1.54) is 5.56 Å². The average molecular weight is 509 g/mol. The summed E-state index contributed by atoms with van der Waals surface area (Å²) in [6.45, 7) is 5.82. The zero-order valence-electron chi connectivity index (χ0n) is 16.7. The number of aliphatic imine (C=N–C) groups is 1. The summed E-state index contributed by atoms with van der Waals surface area (Å²) < 4.78 is 11.3. The van der Waals surface area contributed by atoms with Crippen LogP contribution in [-0.2, 0) is 6.42 Å². The fraction of sp³-hybridized carbons (Fsp3) is 0.429. The number of benzene rings is 1. The first-order chi connectivity index (χ1) is 13.8. The molecule has 0 saturated carbocycles. The van der Waals surface area contributed by atoms with E-state index in [0.717, 1.165) is 62.4 Å². The minimum atomic E-state index is 0. The maximum Gasteiger partial charge on any atom is 0.193 e. The van der Waals surface area contributed by atoms with Crippen LogP contribution >= 0.6 is 24.0 Å². The van der Waals surface area contributed by atoms with Crippen molar-refractivity contribution in [3.05, 3.63) is 48.2 Å². The van der Waals surface area contributed by atoms with Gasteiger partial charge in [-0.1, -0.05) is 12.1 Å². The van der Waals surface area contributed by atoms with E-state index in [4.69, 9.17) is 9.47 Å². The lowest BCUT2D eigenvalue weighted by atomic mass is 10.1. The number of halogens is 1. The van der Waals surface area contributed by atoms with E-state index in [9.17, 15) is 0 Å².